The summed E-state index contributed by atoms with van der Waals surface area (Å²) in [5.41, 5.74) is 1.70. The first kappa shape index (κ1) is 17.7. The van der Waals surface area contributed by atoms with Crippen LogP contribution in [0.2, 0.25) is 10.0 Å². The van der Waals surface area contributed by atoms with E-state index < -0.39 is 16.9 Å². The van der Waals surface area contributed by atoms with E-state index in [4.69, 9.17) is 28.5 Å². The number of carbonyl (C=O) groups excluding carboxylic acids is 1. The van der Waals surface area contributed by atoms with E-state index in [9.17, 15) is 9.00 Å². The second-order valence-electron chi connectivity index (χ2n) is 5.42. The topological polar surface area (TPSA) is 73.2 Å². The number of nitrogens with zero attached hydrogens (tertiary/aromatic N) is 2. The summed E-state index contributed by atoms with van der Waals surface area (Å²) in [5, 5.41) is 12.0. The molecule has 0 aliphatic carbocycles. The van der Waals surface area contributed by atoms with Crippen LogP contribution in [0.1, 0.15) is 22.3 Å². The molecule has 1 aliphatic rings. The minimum Gasteiger partial charge on any atom is -0.322 e. The second kappa shape index (κ2) is 7.44. The van der Waals surface area contributed by atoms with Crippen LogP contribution in [0.15, 0.2) is 36.4 Å². The lowest BCUT2D eigenvalue weighted by molar-refractivity contribution is 0.102. The fourth-order valence-corrected chi connectivity index (χ4v) is 4.22. The number of rotatable bonds is 3. The predicted molar refractivity (Wildman–Crippen MR) is 101 cm³/mol. The van der Waals surface area contributed by atoms with Crippen LogP contribution in [0.25, 0.3) is 0 Å². The molecular weight excluding hydrogens is 381 g/mol. The Hall–Kier alpha value is -2.07. The van der Waals surface area contributed by atoms with Crippen LogP contribution in [0.5, 0.6) is 0 Å². The first-order chi connectivity index (χ1) is 12.0. The van der Waals surface area contributed by atoms with E-state index in [1.54, 1.807) is 40.7 Å². The van der Waals surface area contributed by atoms with E-state index in [1.807, 2.05) is 6.07 Å². The van der Waals surface area contributed by atoms with Gasteiger partial charge in [0.1, 0.15) is 11.0 Å². The SMILES string of the molecule is N#Cc1cccc(NC(=O)c2cc(N3CCCS3=O)cc(Cl)c2Cl)c1. The van der Waals surface area contributed by atoms with Gasteiger partial charge in [0.2, 0.25) is 0 Å². The van der Waals surface area contributed by atoms with Crippen molar-refractivity contribution in [3.8, 4) is 6.07 Å². The lowest BCUT2D eigenvalue weighted by Gasteiger charge is -2.18. The predicted octanol–water partition coefficient (Wildman–Crippen LogP) is 3.99. The summed E-state index contributed by atoms with van der Waals surface area (Å²) in [4.78, 5) is 12.6. The molecule has 0 saturated carbocycles. The second-order valence-corrected chi connectivity index (χ2v) is 7.69. The first-order valence-corrected chi connectivity index (χ1v) is 9.49. The van der Waals surface area contributed by atoms with Gasteiger partial charge >= 0.3 is 0 Å². The number of anilines is 2. The average molecular weight is 394 g/mol. The van der Waals surface area contributed by atoms with Crippen molar-refractivity contribution in [3.63, 3.8) is 0 Å². The molecule has 25 heavy (non-hydrogen) atoms. The van der Waals surface area contributed by atoms with Crippen molar-refractivity contribution >= 4 is 51.5 Å². The molecule has 1 fully saturated rings. The molecule has 8 heteroatoms. The van der Waals surface area contributed by atoms with E-state index in [2.05, 4.69) is 5.32 Å². The lowest BCUT2D eigenvalue weighted by atomic mass is 10.1. The van der Waals surface area contributed by atoms with Crippen LogP contribution >= 0.6 is 23.2 Å². The third-order valence-corrected chi connectivity index (χ3v) is 6.05. The Labute approximate surface area is 157 Å². The Morgan fingerprint density at radius 3 is 2.76 bits per heavy atom. The molecule has 0 radical (unpaired) electrons. The minimum absolute atomic E-state index is 0.129. The minimum atomic E-state index is -1.13. The Balaban J connectivity index is 1.92. The number of carbonyl (C=O) groups is 1. The van der Waals surface area contributed by atoms with Gasteiger partial charge in [0.05, 0.1) is 32.9 Å². The molecule has 3 rings (SSSR count). The van der Waals surface area contributed by atoms with E-state index in [1.165, 1.54) is 0 Å². The number of nitriles is 1. The Kier molecular flexibility index (Phi) is 5.28. The molecule has 2 aromatic carbocycles. The van der Waals surface area contributed by atoms with Crippen molar-refractivity contribution in [2.45, 2.75) is 6.42 Å². The summed E-state index contributed by atoms with van der Waals surface area (Å²) in [7, 11) is -1.13. The molecule has 0 bridgehead atoms. The molecule has 2 aromatic rings. The maximum Gasteiger partial charge on any atom is 0.257 e. The zero-order valence-electron chi connectivity index (χ0n) is 13.0. The van der Waals surface area contributed by atoms with Crippen LogP contribution in [-0.4, -0.2) is 22.4 Å². The quantitative estimate of drug-likeness (QED) is 0.856. The normalized spacial score (nSPS) is 16.5. The largest absolute Gasteiger partial charge is 0.322 e. The maximum atomic E-state index is 12.6. The van der Waals surface area contributed by atoms with Gasteiger partial charge < -0.3 is 5.32 Å². The number of halogens is 2. The molecular formula is C17H13Cl2N3O2S. The highest BCUT2D eigenvalue weighted by Gasteiger charge is 2.24. The zero-order chi connectivity index (χ0) is 18.0. The van der Waals surface area contributed by atoms with Gasteiger partial charge in [-0.2, -0.15) is 5.26 Å². The first-order valence-electron chi connectivity index (χ1n) is 7.46. The summed E-state index contributed by atoms with van der Waals surface area (Å²) < 4.78 is 13.7. The Morgan fingerprint density at radius 1 is 1.28 bits per heavy atom. The average Bonchev–Trinajstić information content (AvgIpc) is 3.03. The molecule has 0 spiro atoms. The van der Waals surface area contributed by atoms with Crippen molar-refractivity contribution in [2.75, 3.05) is 21.9 Å². The molecule has 5 nitrogen and oxygen atoms in total. The summed E-state index contributed by atoms with van der Waals surface area (Å²) in [6.45, 7) is 0.635. The van der Waals surface area contributed by atoms with Crippen molar-refractivity contribution in [3.05, 3.63) is 57.6 Å². The van der Waals surface area contributed by atoms with Gasteiger partial charge in [0.15, 0.2) is 0 Å². The smallest absolute Gasteiger partial charge is 0.257 e. The van der Waals surface area contributed by atoms with Gasteiger partial charge in [-0.05, 0) is 36.8 Å². The van der Waals surface area contributed by atoms with Crippen molar-refractivity contribution in [2.24, 2.45) is 0 Å². The van der Waals surface area contributed by atoms with Crippen LogP contribution < -0.4 is 9.62 Å². The van der Waals surface area contributed by atoms with Gasteiger partial charge in [-0.25, -0.2) is 4.21 Å². The van der Waals surface area contributed by atoms with Gasteiger partial charge in [-0.1, -0.05) is 29.3 Å². The fourth-order valence-electron chi connectivity index (χ4n) is 2.54. The zero-order valence-corrected chi connectivity index (χ0v) is 15.3. The monoisotopic (exact) mass is 393 g/mol. The molecule has 1 heterocycles. The highest BCUT2D eigenvalue weighted by Crippen LogP contribution is 2.33. The highest BCUT2D eigenvalue weighted by molar-refractivity contribution is 7.86. The molecule has 1 unspecified atom stereocenters. The van der Waals surface area contributed by atoms with Crippen LogP contribution in [0.3, 0.4) is 0 Å². The summed E-state index contributed by atoms with van der Waals surface area (Å²) in [6, 6.07) is 11.8. The van der Waals surface area contributed by atoms with Crippen molar-refractivity contribution in [1.82, 2.24) is 0 Å². The Bertz CT molecular complexity index is 911. The number of hydrogen-bond donors (Lipinski definition) is 1. The van der Waals surface area contributed by atoms with E-state index in [0.29, 0.717) is 29.2 Å². The van der Waals surface area contributed by atoms with Gasteiger partial charge in [-0.15, -0.1) is 0 Å². The van der Waals surface area contributed by atoms with E-state index >= 15 is 0 Å². The number of amides is 1. The highest BCUT2D eigenvalue weighted by atomic mass is 35.5. The molecule has 1 amide bonds. The molecule has 128 valence electrons. The number of benzene rings is 2. The fraction of sp³-hybridized carbons (Fsp3) is 0.176. The van der Waals surface area contributed by atoms with Crippen molar-refractivity contribution < 1.29 is 9.00 Å². The van der Waals surface area contributed by atoms with Crippen LogP contribution in [0, 0.1) is 11.3 Å². The molecule has 1 atom stereocenters. The third-order valence-electron chi connectivity index (χ3n) is 3.72. The maximum absolute atomic E-state index is 12.6. The Morgan fingerprint density at radius 2 is 2.08 bits per heavy atom. The number of nitrogens with one attached hydrogen (secondary N) is 1. The summed E-state index contributed by atoms with van der Waals surface area (Å²) >= 11 is 12.3. The van der Waals surface area contributed by atoms with Crippen molar-refractivity contribution in [1.29, 1.82) is 5.26 Å². The molecule has 1 N–H and O–H groups in total. The number of hydrogen-bond acceptors (Lipinski definition) is 3. The summed E-state index contributed by atoms with van der Waals surface area (Å²) in [6.07, 6.45) is 0.815. The molecule has 0 aromatic heterocycles. The molecule has 1 saturated heterocycles. The van der Waals surface area contributed by atoms with Gasteiger partial charge in [0, 0.05) is 18.0 Å². The molecule has 1 aliphatic heterocycles. The van der Waals surface area contributed by atoms with E-state index in [-0.39, 0.29) is 15.6 Å². The van der Waals surface area contributed by atoms with Gasteiger partial charge in [0.25, 0.3) is 5.91 Å². The lowest BCUT2D eigenvalue weighted by Crippen LogP contribution is -2.21. The van der Waals surface area contributed by atoms with E-state index in [0.717, 1.165) is 6.42 Å². The van der Waals surface area contributed by atoms with Crippen LogP contribution in [-0.2, 0) is 11.0 Å². The van der Waals surface area contributed by atoms with Crippen LogP contribution in [0.4, 0.5) is 11.4 Å². The standard InChI is InChI=1S/C17H13Cl2N3O2S/c18-15-9-13(22-5-2-6-25(22)24)8-14(16(15)19)17(23)21-12-4-1-3-11(7-12)10-20/h1,3-4,7-9H,2,5-6H2,(H,21,23). The van der Waals surface area contributed by atoms with Gasteiger partial charge in [-0.3, -0.25) is 9.10 Å². The third kappa shape index (κ3) is 3.79. The summed E-state index contributed by atoms with van der Waals surface area (Å²) in [5.74, 6) is 0.136.